The van der Waals surface area contributed by atoms with Gasteiger partial charge in [0.15, 0.2) is 5.65 Å². The van der Waals surface area contributed by atoms with Crippen LogP contribution in [0.25, 0.3) is 16.9 Å². The van der Waals surface area contributed by atoms with Gasteiger partial charge in [0.05, 0.1) is 24.0 Å². The van der Waals surface area contributed by atoms with E-state index < -0.39 is 29.5 Å². The molecule has 10 nitrogen and oxygen atoms in total. The molecule has 0 atom stereocenters. The third-order valence-corrected chi connectivity index (χ3v) is 6.42. The molecule has 2 aromatic heterocycles. The minimum atomic E-state index is -4.74. The molecule has 40 heavy (non-hydrogen) atoms. The third-order valence-electron chi connectivity index (χ3n) is 6.42. The number of benzene rings is 2. The Hall–Kier alpha value is -4.78. The second kappa shape index (κ2) is 10.8. The van der Waals surface area contributed by atoms with Gasteiger partial charge in [-0.1, -0.05) is 12.1 Å². The van der Waals surface area contributed by atoms with Crippen molar-refractivity contribution in [1.29, 1.82) is 0 Å². The summed E-state index contributed by atoms with van der Waals surface area (Å²) in [5, 5.41) is 18.5. The summed E-state index contributed by atoms with van der Waals surface area (Å²) in [4.78, 5) is 42.9. The summed E-state index contributed by atoms with van der Waals surface area (Å²) in [6.45, 7) is 1.54. The number of carboxylic acids is 1. The van der Waals surface area contributed by atoms with Gasteiger partial charge in [0.2, 0.25) is 5.91 Å². The van der Waals surface area contributed by atoms with Crippen molar-refractivity contribution < 1.29 is 32.7 Å². The van der Waals surface area contributed by atoms with E-state index in [4.69, 9.17) is 0 Å². The number of halogens is 3. The first-order valence-electron chi connectivity index (χ1n) is 12.3. The van der Waals surface area contributed by atoms with Crippen molar-refractivity contribution in [3.05, 3.63) is 77.6 Å². The molecular weight excluding hydrogens is 529 g/mol. The Labute approximate surface area is 225 Å². The number of anilines is 2. The van der Waals surface area contributed by atoms with Gasteiger partial charge >= 0.3 is 12.1 Å². The molecule has 0 radical (unpaired) electrons. The normalized spacial score (nSPS) is 13.9. The molecule has 2 aromatic carbocycles. The Morgan fingerprint density at radius 2 is 1.75 bits per heavy atom. The van der Waals surface area contributed by atoms with Crippen molar-refractivity contribution in [2.45, 2.75) is 19.0 Å². The van der Waals surface area contributed by atoms with Gasteiger partial charge in [-0.2, -0.15) is 18.3 Å². The number of carbonyl (C=O) groups excluding carboxylic acids is 2. The highest BCUT2D eigenvalue weighted by Gasteiger charge is 2.32. The van der Waals surface area contributed by atoms with Crippen LogP contribution in [0.5, 0.6) is 0 Å². The van der Waals surface area contributed by atoms with Crippen LogP contribution >= 0.6 is 0 Å². The van der Waals surface area contributed by atoms with Crippen molar-refractivity contribution in [2.24, 2.45) is 0 Å². The van der Waals surface area contributed by atoms with Crippen molar-refractivity contribution in [2.75, 3.05) is 30.3 Å². The smallest absolute Gasteiger partial charge is 0.416 e. The molecule has 5 rings (SSSR count). The zero-order chi connectivity index (χ0) is 28.4. The lowest BCUT2D eigenvalue weighted by Crippen LogP contribution is -2.31. The Morgan fingerprint density at radius 1 is 0.975 bits per heavy atom. The Kier molecular flexibility index (Phi) is 7.22. The van der Waals surface area contributed by atoms with Crippen LogP contribution in [0.15, 0.2) is 60.9 Å². The van der Waals surface area contributed by atoms with Crippen LogP contribution in [0.2, 0.25) is 0 Å². The number of rotatable bonds is 7. The standard InChI is InChI=1S/C27H23F3N6O4/c28-27(29,30)18-10-17(12-20(13-18)33-23(37)15-35-8-1-2-9-35)25(38)34-19-5-3-4-16(11-19)22-6-7-31-24-21(26(39)40)14-32-36(22)24/h3-7,10-14H,1-2,8-9,15H2,(H,33,37)(H,34,38)(H,39,40). The summed E-state index contributed by atoms with van der Waals surface area (Å²) < 4.78 is 42.2. The van der Waals surface area contributed by atoms with E-state index in [0.29, 0.717) is 11.3 Å². The highest BCUT2D eigenvalue weighted by Crippen LogP contribution is 2.32. The van der Waals surface area contributed by atoms with Crippen LogP contribution in [0.4, 0.5) is 24.5 Å². The summed E-state index contributed by atoms with van der Waals surface area (Å²) in [6.07, 6.45) is -0.226. The zero-order valence-corrected chi connectivity index (χ0v) is 20.9. The van der Waals surface area contributed by atoms with E-state index in [0.717, 1.165) is 38.1 Å². The van der Waals surface area contributed by atoms with Gasteiger partial charge < -0.3 is 15.7 Å². The number of amides is 2. The van der Waals surface area contributed by atoms with Gasteiger partial charge in [0.25, 0.3) is 5.91 Å². The number of fused-ring (bicyclic) bond motifs is 1. The van der Waals surface area contributed by atoms with Gasteiger partial charge in [-0.05, 0) is 62.3 Å². The molecule has 3 N–H and O–H groups in total. The average Bonchev–Trinajstić information content (AvgIpc) is 3.58. The first kappa shape index (κ1) is 26.8. The van der Waals surface area contributed by atoms with Crippen molar-refractivity contribution in [1.82, 2.24) is 19.5 Å². The Bertz CT molecular complexity index is 1610. The van der Waals surface area contributed by atoms with E-state index in [-0.39, 0.29) is 34.7 Å². The number of hydrogen-bond donors (Lipinski definition) is 3. The summed E-state index contributed by atoms with van der Waals surface area (Å²) in [5.74, 6) is -2.47. The summed E-state index contributed by atoms with van der Waals surface area (Å²) >= 11 is 0. The van der Waals surface area contributed by atoms with E-state index in [1.54, 1.807) is 30.3 Å². The van der Waals surface area contributed by atoms with Gasteiger partial charge in [0, 0.05) is 28.7 Å². The molecule has 0 saturated carbocycles. The van der Waals surface area contributed by atoms with Crippen LogP contribution in [0, 0.1) is 0 Å². The number of carbonyl (C=O) groups is 3. The van der Waals surface area contributed by atoms with Gasteiger partial charge in [-0.25, -0.2) is 14.3 Å². The fourth-order valence-corrected chi connectivity index (χ4v) is 4.56. The predicted octanol–water partition coefficient (Wildman–Crippen LogP) is 4.40. The molecule has 1 aliphatic rings. The molecule has 3 heterocycles. The third kappa shape index (κ3) is 5.78. The molecule has 13 heteroatoms. The highest BCUT2D eigenvalue weighted by molar-refractivity contribution is 6.06. The SMILES string of the molecule is O=C(CN1CCCC1)Nc1cc(C(=O)Nc2cccc(-c3ccnc4c(C(=O)O)cnn34)c2)cc(C(F)(F)F)c1. The highest BCUT2D eigenvalue weighted by atomic mass is 19.4. The number of nitrogens with zero attached hydrogens (tertiary/aromatic N) is 4. The maximum atomic E-state index is 13.6. The molecule has 1 fully saturated rings. The number of carboxylic acid groups (broad SMARTS) is 1. The minimum Gasteiger partial charge on any atom is -0.477 e. The molecular formula is C27H23F3N6O4. The lowest BCUT2D eigenvalue weighted by molar-refractivity contribution is -0.137. The molecule has 0 bridgehead atoms. The second-order valence-electron chi connectivity index (χ2n) is 9.29. The van der Waals surface area contributed by atoms with Crippen LogP contribution in [-0.4, -0.2) is 62.0 Å². The van der Waals surface area contributed by atoms with Crippen LogP contribution in [-0.2, 0) is 11.0 Å². The summed E-state index contributed by atoms with van der Waals surface area (Å²) in [5.41, 5.74) is -0.152. The van der Waals surface area contributed by atoms with Crippen molar-refractivity contribution in [3.8, 4) is 11.3 Å². The summed E-state index contributed by atoms with van der Waals surface area (Å²) in [7, 11) is 0. The lowest BCUT2D eigenvalue weighted by atomic mass is 10.1. The largest absolute Gasteiger partial charge is 0.477 e. The van der Waals surface area contributed by atoms with E-state index in [2.05, 4.69) is 20.7 Å². The first-order valence-corrected chi connectivity index (χ1v) is 12.3. The zero-order valence-electron chi connectivity index (χ0n) is 20.9. The van der Waals surface area contributed by atoms with Crippen LogP contribution < -0.4 is 10.6 Å². The number of likely N-dealkylation sites (tertiary alicyclic amines) is 1. The lowest BCUT2D eigenvalue weighted by Gasteiger charge is -2.16. The quantitative estimate of drug-likeness (QED) is 0.310. The Morgan fingerprint density at radius 3 is 2.48 bits per heavy atom. The number of aromatic carboxylic acids is 1. The van der Waals surface area contributed by atoms with Crippen molar-refractivity contribution >= 4 is 34.8 Å². The van der Waals surface area contributed by atoms with E-state index >= 15 is 0 Å². The predicted molar refractivity (Wildman–Crippen MR) is 139 cm³/mol. The topological polar surface area (TPSA) is 129 Å². The molecule has 4 aromatic rings. The number of hydrogen-bond acceptors (Lipinski definition) is 6. The molecule has 2 amide bonds. The maximum absolute atomic E-state index is 13.6. The number of nitrogens with one attached hydrogen (secondary N) is 2. The fourth-order valence-electron chi connectivity index (χ4n) is 4.56. The average molecular weight is 553 g/mol. The van der Waals surface area contributed by atoms with Crippen molar-refractivity contribution in [3.63, 3.8) is 0 Å². The second-order valence-corrected chi connectivity index (χ2v) is 9.29. The van der Waals surface area contributed by atoms with Gasteiger partial charge in [-0.3, -0.25) is 14.5 Å². The maximum Gasteiger partial charge on any atom is 0.416 e. The van der Waals surface area contributed by atoms with E-state index in [1.165, 1.54) is 23.0 Å². The van der Waals surface area contributed by atoms with E-state index in [1.807, 2.05) is 4.90 Å². The van der Waals surface area contributed by atoms with Crippen LogP contribution in [0.3, 0.4) is 0 Å². The number of alkyl halides is 3. The van der Waals surface area contributed by atoms with Crippen LogP contribution in [0.1, 0.15) is 39.1 Å². The summed E-state index contributed by atoms with van der Waals surface area (Å²) in [6, 6.07) is 10.8. The first-order chi connectivity index (χ1) is 19.1. The Balaban J connectivity index is 1.40. The van der Waals surface area contributed by atoms with E-state index in [9.17, 15) is 32.7 Å². The molecule has 1 aliphatic heterocycles. The monoisotopic (exact) mass is 552 g/mol. The number of aromatic nitrogens is 3. The van der Waals surface area contributed by atoms with Gasteiger partial charge in [-0.15, -0.1) is 0 Å². The molecule has 1 saturated heterocycles. The molecule has 0 spiro atoms. The molecule has 0 aliphatic carbocycles. The molecule has 0 unspecified atom stereocenters. The fraction of sp³-hybridized carbons (Fsp3) is 0.222. The molecule has 206 valence electrons. The minimum absolute atomic E-state index is 0.0526. The van der Waals surface area contributed by atoms with Gasteiger partial charge in [0.1, 0.15) is 5.56 Å².